The number of oxazole rings is 1. The van der Waals surface area contributed by atoms with Crippen LogP contribution >= 0.6 is 0 Å². The first-order valence-corrected chi connectivity index (χ1v) is 8.41. The fraction of sp³-hybridized carbons (Fsp3) is 0.471. The molecule has 2 aromatic heterocycles. The number of hydrogen-bond acceptors (Lipinski definition) is 6. The summed E-state index contributed by atoms with van der Waals surface area (Å²) in [7, 11) is 0. The molecule has 1 aromatic carbocycles. The Morgan fingerprint density at radius 1 is 1.29 bits per heavy atom. The molecule has 7 heteroatoms. The lowest BCUT2D eigenvalue weighted by Crippen LogP contribution is -2.30. The molecule has 1 aliphatic heterocycles. The molecule has 3 aromatic rings. The highest BCUT2D eigenvalue weighted by Crippen LogP contribution is 2.30. The molecule has 1 fully saturated rings. The zero-order valence-electron chi connectivity index (χ0n) is 13.6. The number of aromatic nitrogens is 3. The predicted octanol–water partition coefficient (Wildman–Crippen LogP) is 2.38. The SMILES string of the molecule is CCc1nc([C@@H]2CCCN2CCn2c(=O)oc3ccccc32)no1. The Kier molecular flexibility index (Phi) is 3.93. The number of hydrogen-bond donors (Lipinski definition) is 0. The van der Waals surface area contributed by atoms with Crippen LogP contribution in [-0.2, 0) is 13.0 Å². The van der Waals surface area contributed by atoms with E-state index in [-0.39, 0.29) is 11.8 Å². The van der Waals surface area contributed by atoms with E-state index in [1.165, 1.54) is 0 Å². The summed E-state index contributed by atoms with van der Waals surface area (Å²) in [6.45, 7) is 4.32. The Labute approximate surface area is 138 Å². The van der Waals surface area contributed by atoms with E-state index < -0.39 is 0 Å². The molecule has 4 rings (SSSR count). The van der Waals surface area contributed by atoms with Crippen LogP contribution in [0.25, 0.3) is 11.1 Å². The Balaban J connectivity index is 1.52. The predicted molar refractivity (Wildman–Crippen MR) is 87.7 cm³/mol. The summed E-state index contributed by atoms with van der Waals surface area (Å²) in [5, 5.41) is 4.12. The van der Waals surface area contributed by atoms with E-state index in [2.05, 4.69) is 15.0 Å². The molecule has 0 unspecified atom stereocenters. The maximum atomic E-state index is 12.1. The Morgan fingerprint density at radius 3 is 3.00 bits per heavy atom. The van der Waals surface area contributed by atoms with E-state index in [1.54, 1.807) is 4.57 Å². The molecule has 24 heavy (non-hydrogen) atoms. The number of fused-ring (bicyclic) bond motifs is 1. The summed E-state index contributed by atoms with van der Waals surface area (Å²) in [6.07, 6.45) is 2.86. The van der Waals surface area contributed by atoms with Gasteiger partial charge in [-0.2, -0.15) is 4.98 Å². The average molecular weight is 328 g/mol. The first kappa shape index (κ1) is 15.1. The van der Waals surface area contributed by atoms with Gasteiger partial charge in [-0.1, -0.05) is 24.2 Å². The van der Waals surface area contributed by atoms with Crippen LogP contribution in [0.15, 0.2) is 38.0 Å². The van der Waals surface area contributed by atoms with Gasteiger partial charge in [-0.15, -0.1) is 0 Å². The lowest BCUT2D eigenvalue weighted by atomic mass is 10.2. The third kappa shape index (κ3) is 2.65. The molecule has 0 aliphatic carbocycles. The second-order valence-corrected chi connectivity index (χ2v) is 6.08. The zero-order chi connectivity index (χ0) is 16.5. The highest BCUT2D eigenvalue weighted by molar-refractivity contribution is 5.72. The largest absolute Gasteiger partial charge is 0.419 e. The van der Waals surface area contributed by atoms with Crippen molar-refractivity contribution >= 4 is 11.1 Å². The number of likely N-dealkylation sites (tertiary alicyclic amines) is 1. The van der Waals surface area contributed by atoms with Gasteiger partial charge in [0, 0.05) is 19.5 Å². The summed E-state index contributed by atoms with van der Waals surface area (Å²) in [4.78, 5) is 18.9. The summed E-state index contributed by atoms with van der Waals surface area (Å²) in [6, 6.07) is 7.68. The Bertz CT molecular complexity index is 895. The Hall–Kier alpha value is -2.41. The van der Waals surface area contributed by atoms with Gasteiger partial charge in [0.05, 0.1) is 11.6 Å². The molecule has 0 bridgehead atoms. The van der Waals surface area contributed by atoms with Gasteiger partial charge in [0.2, 0.25) is 5.89 Å². The van der Waals surface area contributed by atoms with Gasteiger partial charge < -0.3 is 8.94 Å². The molecule has 0 N–H and O–H groups in total. The lowest BCUT2D eigenvalue weighted by molar-refractivity contribution is 0.232. The van der Waals surface area contributed by atoms with E-state index >= 15 is 0 Å². The average Bonchev–Trinajstić information content (AvgIpc) is 3.30. The number of para-hydroxylation sites is 2. The molecule has 0 amide bonds. The van der Waals surface area contributed by atoms with Gasteiger partial charge in [-0.3, -0.25) is 9.47 Å². The standard InChI is InChI=1S/C17H20N4O3/c1-2-15-18-16(19-24-15)13-7-5-9-20(13)10-11-21-12-6-3-4-8-14(12)23-17(21)22/h3-4,6,8,13H,2,5,7,9-11H2,1H3/t13-/m0/s1. The molecule has 7 nitrogen and oxygen atoms in total. The maximum absolute atomic E-state index is 12.1. The summed E-state index contributed by atoms with van der Waals surface area (Å²) < 4.78 is 12.2. The van der Waals surface area contributed by atoms with Crippen LogP contribution in [0, 0.1) is 0 Å². The fourth-order valence-electron chi connectivity index (χ4n) is 3.39. The first-order valence-electron chi connectivity index (χ1n) is 8.41. The number of aryl methyl sites for hydroxylation is 1. The van der Waals surface area contributed by atoms with Crippen molar-refractivity contribution in [3.05, 3.63) is 46.5 Å². The molecule has 0 saturated carbocycles. The summed E-state index contributed by atoms with van der Waals surface area (Å²) in [5.41, 5.74) is 1.47. The van der Waals surface area contributed by atoms with Crippen LogP contribution in [0.2, 0.25) is 0 Å². The number of rotatable bonds is 5. The third-order valence-electron chi connectivity index (χ3n) is 4.63. The minimum atomic E-state index is -0.306. The van der Waals surface area contributed by atoms with Crippen LogP contribution in [0.1, 0.15) is 37.5 Å². The second-order valence-electron chi connectivity index (χ2n) is 6.08. The van der Waals surface area contributed by atoms with E-state index in [0.29, 0.717) is 18.0 Å². The molecule has 0 spiro atoms. The minimum Gasteiger partial charge on any atom is -0.408 e. The quantitative estimate of drug-likeness (QED) is 0.715. The van der Waals surface area contributed by atoms with E-state index in [0.717, 1.165) is 43.7 Å². The van der Waals surface area contributed by atoms with Crippen molar-refractivity contribution in [2.45, 2.75) is 38.8 Å². The lowest BCUT2D eigenvalue weighted by Gasteiger charge is -2.21. The topological polar surface area (TPSA) is 77.3 Å². The van der Waals surface area contributed by atoms with Gasteiger partial charge >= 0.3 is 5.76 Å². The van der Waals surface area contributed by atoms with Crippen LogP contribution in [0.5, 0.6) is 0 Å². The molecule has 1 aliphatic rings. The molecular weight excluding hydrogens is 308 g/mol. The molecule has 126 valence electrons. The van der Waals surface area contributed by atoms with E-state index in [1.807, 2.05) is 31.2 Å². The van der Waals surface area contributed by atoms with Crippen molar-refractivity contribution in [2.75, 3.05) is 13.1 Å². The number of nitrogens with zero attached hydrogens (tertiary/aromatic N) is 4. The van der Waals surface area contributed by atoms with Gasteiger partial charge in [0.25, 0.3) is 0 Å². The van der Waals surface area contributed by atoms with Crippen molar-refractivity contribution in [3.8, 4) is 0 Å². The van der Waals surface area contributed by atoms with Crippen molar-refractivity contribution in [1.29, 1.82) is 0 Å². The van der Waals surface area contributed by atoms with Crippen LogP contribution in [0.4, 0.5) is 0 Å². The van der Waals surface area contributed by atoms with Crippen LogP contribution in [0.3, 0.4) is 0 Å². The first-order chi connectivity index (χ1) is 11.8. The minimum absolute atomic E-state index is 0.169. The van der Waals surface area contributed by atoms with Crippen molar-refractivity contribution < 1.29 is 8.94 Å². The van der Waals surface area contributed by atoms with Gasteiger partial charge in [-0.05, 0) is 31.5 Å². The highest BCUT2D eigenvalue weighted by atomic mass is 16.5. The number of benzene rings is 1. The third-order valence-corrected chi connectivity index (χ3v) is 4.63. The van der Waals surface area contributed by atoms with E-state index in [4.69, 9.17) is 8.94 Å². The summed E-state index contributed by atoms with van der Waals surface area (Å²) >= 11 is 0. The van der Waals surface area contributed by atoms with Gasteiger partial charge in [-0.25, -0.2) is 4.79 Å². The monoisotopic (exact) mass is 328 g/mol. The van der Waals surface area contributed by atoms with Gasteiger partial charge in [0.1, 0.15) is 0 Å². The molecule has 1 atom stereocenters. The smallest absolute Gasteiger partial charge is 0.408 e. The maximum Gasteiger partial charge on any atom is 0.419 e. The molecule has 1 saturated heterocycles. The zero-order valence-corrected chi connectivity index (χ0v) is 13.6. The fourth-order valence-corrected chi connectivity index (χ4v) is 3.39. The van der Waals surface area contributed by atoms with Crippen molar-refractivity contribution in [3.63, 3.8) is 0 Å². The second kappa shape index (κ2) is 6.24. The summed E-state index contributed by atoms with van der Waals surface area (Å²) in [5.74, 6) is 1.13. The van der Waals surface area contributed by atoms with Crippen molar-refractivity contribution in [2.24, 2.45) is 0 Å². The van der Waals surface area contributed by atoms with E-state index in [9.17, 15) is 4.79 Å². The van der Waals surface area contributed by atoms with Crippen LogP contribution < -0.4 is 5.76 Å². The highest BCUT2D eigenvalue weighted by Gasteiger charge is 2.29. The Morgan fingerprint density at radius 2 is 2.17 bits per heavy atom. The van der Waals surface area contributed by atoms with Crippen LogP contribution in [-0.4, -0.2) is 32.7 Å². The normalized spacial score (nSPS) is 18.6. The molecular formula is C17H20N4O3. The van der Waals surface area contributed by atoms with Crippen molar-refractivity contribution in [1.82, 2.24) is 19.6 Å². The molecule has 3 heterocycles. The van der Waals surface area contributed by atoms with Gasteiger partial charge in [0.15, 0.2) is 11.4 Å². The molecule has 0 radical (unpaired) electrons.